The molecule has 2 heterocycles. The highest BCUT2D eigenvalue weighted by atomic mass is 16.1. The first-order valence-electron chi connectivity index (χ1n) is 5.32. The highest BCUT2D eigenvalue weighted by Gasteiger charge is 2.08. The van der Waals surface area contributed by atoms with Crippen molar-refractivity contribution in [3.05, 3.63) is 35.8 Å². The van der Waals surface area contributed by atoms with Crippen molar-refractivity contribution in [2.24, 2.45) is 0 Å². The molecular weight excluding hydrogens is 202 g/mol. The van der Waals surface area contributed by atoms with Gasteiger partial charge < -0.3 is 9.72 Å². The van der Waals surface area contributed by atoms with E-state index in [9.17, 15) is 4.79 Å². The number of hydrogen-bond acceptors (Lipinski definition) is 2. The van der Waals surface area contributed by atoms with Gasteiger partial charge >= 0.3 is 0 Å². The lowest BCUT2D eigenvalue weighted by molar-refractivity contribution is 0.0942. The molecule has 1 amide bonds. The van der Waals surface area contributed by atoms with Gasteiger partial charge in [-0.3, -0.25) is 4.79 Å². The number of imidazole rings is 1. The zero-order chi connectivity index (χ0) is 11.7. The third kappa shape index (κ3) is 2.05. The van der Waals surface area contributed by atoms with Crippen molar-refractivity contribution in [2.45, 2.75) is 26.8 Å². The standard InChI is InChI=1S/C12H15N3O/c1-8(2)13-12(16)10-4-5-11-14-9(3)6-15(11)7-10/h4-8H,1-3H3,(H,13,16). The van der Waals surface area contributed by atoms with Gasteiger partial charge in [-0.05, 0) is 32.9 Å². The van der Waals surface area contributed by atoms with Gasteiger partial charge in [-0.2, -0.15) is 0 Å². The van der Waals surface area contributed by atoms with Gasteiger partial charge in [0.2, 0.25) is 0 Å². The zero-order valence-electron chi connectivity index (χ0n) is 9.69. The number of carbonyl (C=O) groups excluding carboxylic acids is 1. The predicted molar refractivity (Wildman–Crippen MR) is 62.5 cm³/mol. The Labute approximate surface area is 94.3 Å². The fourth-order valence-electron chi connectivity index (χ4n) is 1.60. The second-order valence-corrected chi connectivity index (χ2v) is 4.19. The maximum atomic E-state index is 11.8. The maximum absolute atomic E-state index is 11.8. The van der Waals surface area contributed by atoms with Crippen LogP contribution >= 0.6 is 0 Å². The lowest BCUT2D eigenvalue weighted by atomic mass is 10.2. The van der Waals surface area contributed by atoms with Crippen LogP contribution in [0.3, 0.4) is 0 Å². The lowest BCUT2D eigenvalue weighted by Gasteiger charge is -2.08. The molecule has 2 aromatic heterocycles. The Morgan fingerprint density at radius 1 is 1.38 bits per heavy atom. The van der Waals surface area contributed by atoms with Crippen LogP contribution in [0.4, 0.5) is 0 Å². The Hall–Kier alpha value is -1.84. The van der Waals surface area contributed by atoms with E-state index in [1.807, 2.05) is 37.4 Å². The monoisotopic (exact) mass is 217 g/mol. The molecule has 0 aliphatic carbocycles. The van der Waals surface area contributed by atoms with E-state index in [4.69, 9.17) is 0 Å². The van der Waals surface area contributed by atoms with Crippen LogP contribution in [0.1, 0.15) is 29.9 Å². The second kappa shape index (κ2) is 3.96. The molecule has 2 rings (SSSR count). The number of amides is 1. The summed E-state index contributed by atoms with van der Waals surface area (Å²) in [6.07, 6.45) is 3.70. The summed E-state index contributed by atoms with van der Waals surface area (Å²) in [4.78, 5) is 16.1. The number of hydrogen-bond donors (Lipinski definition) is 1. The quantitative estimate of drug-likeness (QED) is 0.833. The Bertz CT molecular complexity index is 528. The number of nitrogens with one attached hydrogen (secondary N) is 1. The maximum Gasteiger partial charge on any atom is 0.252 e. The van der Waals surface area contributed by atoms with Crippen molar-refractivity contribution < 1.29 is 4.79 Å². The normalized spacial score (nSPS) is 11.0. The highest BCUT2D eigenvalue weighted by molar-refractivity contribution is 5.94. The van der Waals surface area contributed by atoms with E-state index in [1.165, 1.54) is 0 Å². The minimum absolute atomic E-state index is 0.0525. The van der Waals surface area contributed by atoms with Crippen LogP contribution in [0.15, 0.2) is 24.5 Å². The molecule has 0 fully saturated rings. The highest BCUT2D eigenvalue weighted by Crippen LogP contribution is 2.07. The van der Waals surface area contributed by atoms with E-state index in [0.29, 0.717) is 5.56 Å². The van der Waals surface area contributed by atoms with E-state index < -0.39 is 0 Å². The predicted octanol–water partition coefficient (Wildman–Crippen LogP) is 1.78. The van der Waals surface area contributed by atoms with Gasteiger partial charge in [-0.15, -0.1) is 0 Å². The van der Waals surface area contributed by atoms with Crippen LogP contribution < -0.4 is 5.32 Å². The molecule has 0 unspecified atom stereocenters. The number of rotatable bonds is 2. The molecule has 0 radical (unpaired) electrons. The average molecular weight is 217 g/mol. The molecule has 0 saturated heterocycles. The molecule has 4 nitrogen and oxygen atoms in total. The van der Waals surface area contributed by atoms with Crippen molar-refractivity contribution in [3.63, 3.8) is 0 Å². The Morgan fingerprint density at radius 2 is 2.12 bits per heavy atom. The number of aromatic nitrogens is 2. The summed E-state index contributed by atoms with van der Waals surface area (Å²) in [7, 11) is 0. The summed E-state index contributed by atoms with van der Waals surface area (Å²) < 4.78 is 1.87. The van der Waals surface area contributed by atoms with Crippen LogP contribution in [0.25, 0.3) is 5.65 Å². The van der Waals surface area contributed by atoms with Crippen LogP contribution in [-0.4, -0.2) is 21.3 Å². The Balaban J connectivity index is 2.35. The summed E-state index contributed by atoms with van der Waals surface area (Å²) in [5.41, 5.74) is 2.46. The first kappa shape index (κ1) is 10.7. The van der Waals surface area contributed by atoms with E-state index in [1.54, 1.807) is 12.3 Å². The average Bonchev–Trinajstić information content (AvgIpc) is 2.55. The number of aryl methyl sites for hydroxylation is 1. The number of nitrogens with zero attached hydrogens (tertiary/aromatic N) is 2. The number of carbonyl (C=O) groups is 1. The fraction of sp³-hybridized carbons (Fsp3) is 0.333. The molecule has 84 valence electrons. The van der Waals surface area contributed by atoms with E-state index in [0.717, 1.165) is 11.3 Å². The van der Waals surface area contributed by atoms with Gasteiger partial charge in [0.05, 0.1) is 11.3 Å². The van der Waals surface area contributed by atoms with Crippen LogP contribution in [0.5, 0.6) is 0 Å². The molecule has 0 aliphatic heterocycles. The summed E-state index contributed by atoms with van der Waals surface area (Å²) in [6.45, 7) is 5.82. The molecule has 2 aromatic rings. The minimum Gasteiger partial charge on any atom is -0.350 e. The molecule has 0 aliphatic rings. The van der Waals surface area contributed by atoms with Crippen molar-refractivity contribution >= 4 is 11.6 Å². The van der Waals surface area contributed by atoms with Crippen molar-refractivity contribution in [3.8, 4) is 0 Å². The lowest BCUT2D eigenvalue weighted by Crippen LogP contribution is -2.30. The van der Waals surface area contributed by atoms with Gasteiger partial charge in [0, 0.05) is 18.4 Å². The minimum atomic E-state index is -0.0525. The van der Waals surface area contributed by atoms with Gasteiger partial charge in [-0.25, -0.2) is 4.98 Å². The third-order valence-electron chi connectivity index (χ3n) is 2.25. The summed E-state index contributed by atoms with van der Waals surface area (Å²) in [5, 5.41) is 2.86. The number of fused-ring (bicyclic) bond motifs is 1. The van der Waals surface area contributed by atoms with E-state index >= 15 is 0 Å². The summed E-state index contributed by atoms with van der Waals surface area (Å²) in [6, 6.07) is 3.79. The second-order valence-electron chi connectivity index (χ2n) is 4.19. The molecule has 0 spiro atoms. The Morgan fingerprint density at radius 3 is 2.81 bits per heavy atom. The molecule has 4 heteroatoms. The first-order valence-corrected chi connectivity index (χ1v) is 5.32. The fourth-order valence-corrected chi connectivity index (χ4v) is 1.60. The summed E-state index contributed by atoms with van der Waals surface area (Å²) in [5.74, 6) is -0.0525. The van der Waals surface area contributed by atoms with E-state index in [2.05, 4.69) is 10.3 Å². The largest absolute Gasteiger partial charge is 0.350 e. The Kier molecular flexibility index (Phi) is 2.64. The smallest absolute Gasteiger partial charge is 0.252 e. The first-order chi connectivity index (χ1) is 7.56. The number of pyridine rings is 1. The van der Waals surface area contributed by atoms with Gasteiger partial charge in [0.1, 0.15) is 5.65 Å². The van der Waals surface area contributed by atoms with E-state index in [-0.39, 0.29) is 11.9 Å². The van der Waals surface area contributed by atoms with Gasteiger partial charge in [0.15, 0.2) is 0 Å². The van der Waals surface area contributed by atoms with Crippen LogP contribution in [-0.2, 0) is 0 Å². The molecule has 1 N–H and O–H groups in total. The molecule has 16 heavy (non-hydrogen) atoms. The molecule has 0 aromatic carbocycles. The summed E-state index contributed by atoms with van der Waals surface area (Å²) >= 11 is 0. The van der Waals surface area contributed by atoms with Crippen LogP contribution in [0.2, 0.25) is 0 Å². The zero-order valence-corrected chi connectivity index (χ0v) is 9.69. The van der Waals surface area contributed by atoms with Crippen molar-refractivity contribution in [2.75, 3.05) is 0 Å². The van der Waals surface area contributed by atoms with Crippen LogP contribution in [0, 0.1) is 6.92 Å². The van der Waals surface area contributed by atoms with Crippen molar-refractivity contribution in [1.82, 2.24) is 14.7 Å². The van der Waals surface area contributed by atoms with Gasteiger partial charge in [0.25, 0.3) is 5.91 Å². The SMILES string of the molecule is Cc1cn2cc(C(=O)NC(C)C)ccc2n1. The van der Waals surface area contributed by atoms with Gasteiger partial charge in [-0.1, -0.05) is 0 Å². The topological polar surface area (TPSA) is 46.4 Å². The third-order valence-corrected chi connectivity index (χ3v) is 2.25. The molecule has 0 atom stereocenters. The molecular formula is C12H15N3O. The van der Waals surface area contributed by atoms with Crippen molar-refractivity contribution in [1.29, 1.82) is 0 Å². The molecule has 0 saturated carbocycles. The molecule has 0 bridgehead atoms.